The van der Waals surface area contributed by atoms with Crippen LogP contribution in [0.4, 0.5) is 5.69 Å². The molecule has 1 atom stereocenters. The Morgan fingerprint density at radius 3 is 2.84 bits per heavy atom. The van der Waals surface area contributed by atoms with Crippen molar-refractivity contribution in [1.82, 2.24) is 14.7 Å². The molecule has 0 saturated carbocycles. The maximum atomic E-state index is 12.0. The van der Waals surface area contributed by atoms with Crippen molar-refractivity contribution in [1.29, 1.82) is 0 Å². The molecular formula is C13H20N4O2. The van der Waals surface area contributed by atoms with Gasteiger partial charge < -0.3 is 9.80 Å². The molecule has 0 unspecified atom stereocenters. The van der Waals surface area contributed by atoms with E-state index in [0.29, 0.717) is 6.54 Å². The number of carbonyl (C=O) groups is 1. The number of anilines is 1. The minimum absolute atomic E-state index is 0.00723. The van der Waals surface area contributed by atoms with E-state index in [9.17, 15) is 9.59 Å². The maximum Gasteiger partial charge on any atom is 0.268 e. The molecule has 0 aromatic carbocycles. The molecule has 1 aromatic heterocycles. The number of nitrogens with zero attached hydrogens (tertiary/aromatic N) is 4. The van der Waals surface area contributed by atoms with Gasteiger partial charge in [-0.3, -0.25) is 9.59 Å². The first-order valence-electron chi connectivity index (χ1n) is 6.48. The Bertz CT molecular complexity index is 524. The average molecular weight is 264 g/mol. The summed E-state index contributed by atoms with van der Waals surface area (Å²) in [5, 5.41) is 4.03. The Hall–Kier alpha value is -1.85. The van der Waals surface area contributed by atoms with E-state index in [0.717, 1.165) is 25.1 Å². The van der Waals surface area contributed by atoms with Crippen LogP contribution >= 0.6 is 0 Å². The summed E-state index contributed by atoms with van der Waals surface area (Å²) < 4.78 is 1.30. The first-order chi connectivity index (χ1) is 8.99. The molecule has 1 amide bonds. The minimum Gasteiger partial charge on any atom is -0.369 e. The molecule has 1 aliphatic rings. The number of piperidine rings is 1. The third-order valence-corrected chi connectivity index (χ3v) is 3.53. The molecule has 104 valence electrons. The van der Waals surface area contributed by atoms with Crippen molar-refractivity contribution in [3.63, 3.8) is 0 Å². The third kappa shape index (κ3) is 2.94. The van der Waals surface area contributed by atoms with Crippen molar-refractivity contribution in [2.45, 2.75) is 12.8 Å². The third-order valence-electron chi connectivity index (χ3n) is 3.53. The molecule has 1 fully saturated rings. The van der Waals surface area contributed by atoms with E-state index in [1.165, 1.54) is 4.68 Å². The number of rotatable bonds is 2. The van der Waals surface area contributed by atoms with Gasteiger partial charge in [0.2, 0.25) is 5.91 Å². The molecule has 0 N–H and O–H groups in total. The summed E-state index contributed by atoms with van der Waals surface area (Å²) in [7, 11) is 5.18. The fourth-order valence-electron chi connectivity index (χ4n) is 2.41. The summed E-state index contributed by atoms with van der Waals surface area (Å²) >= 11 is 0. The van der Waals surface area contributed by atoms with E-state index in [1.807, 2.05) is 0 Å². The van der Waals surface area contributed by atoms with Crippen LogP contribution in [0.25, 0.3) is 0 Å². The second kappa shape index (κ2) is 5.42. The fourth-order valence-corrected chi connectivity index (χ4v) is 2.41. The van der Waals surface area contributed by atoms with Crippen LogP contribution < -0.4 is 10.5 Å². The summed E-state index contributed by atoms with van der Waals surface area (Å²) in [6.45, 7) is 1.53. The average Bonchev–Trinajstić information content (AvgIpc) is 2.41. The van der Waals surface area contributed by atoms with E-state index < -0.39 is 0 Å². The zero-order valence-corrected chi connectivity index (χ0v) is 11.7. The van der Waals surface area contributed by atoms with Crippen LogP contribution in [-0.2, 0) is 11.8 Å². The Morgan fingerprint density at radius 1 is 1.47 bits per heavy atom. The van der Waals surface area contributed by atoms with Crippen LogP contribution in [0.2, 0.25) is 0 Å². The van der Waals surface area contributed by atoms with Crippen LogP contribution in [0.3, 0.4) is 0 Å². The summed E-state index contributed by atoms with van der Waals surface area (Å²) in [6.07, 6.45) is 3.55. The topological polar surface area (TPSA) is 58.4 Å². The van der Waals surface area contributed by atoms with Crippen molar-refractivity contribution < 1.29 is 4.79 Å². The molecule has 0 radical (unpaired) electrons. The van der Waals surface area contributed by atoms with Gasteiger partial charge in [-0.1, -0.05) is 0 Å². The second-order valence-corrected chi connectivity index (χ2v) is 5.19. The lowest BCUT2D eigenvalue weighted by molar-refractivity contribution is -0.133. The first kappa shape index (κ1) is 13.6. The molecule has 1 aliphatic heterocycles. The lowest BCUT2D eigenvalue weighted by atomic mass is 9.96. The fraction of sp³-hybridized carbons (Fsp3) is 0.615. The predicted molar refractivity (Wildman–Crippen MR) is 73.1 cm³/mol. The number of aryl methyl sites for hydroxylation is 1. The molecular weight excluding hydrogens is 244 g/mol. The van der Waals surface area contributed by atoms with E-state index >= 15 is 0 Å². The molecule has 2 heterocycles. The molecule has 0 bridgehead atoms. The molecule has 2 rings (SSSR count). The largest absolute Gasteiger partial charge is 0.369 e. The Labute approximate surface area is 112 Å². The van der Waals surface area contributed by atoms with Gasteiger partial charge in [-0.15, -0.1) is 0 Å². The lowest BCUT2D eigenvalue weighted by Gasteiger charge is -2.34. The van der Waals surface area contributed by atoms with Gasteiger partial charge in [-0.25, -0.2) is 4.68 Å². The number of carbonyl (C=O) groups excluding carboxylic acids is 1. The normalized spacial score (nSPS) is 19.3. The quantitative estimate of drug-likeness (QED) is 0.759. The van der Waals surface area contributed by atoms with Gasteiger partial charge >= 0.3 is 0 Å². The summed E-state index contributed by atoms with van der Waals surface area (Å²) in [5.74, 6) is 0.161. The van der Waals surface area contributed by atoms with Gasteiger partial charge in [-0.05, 0) is 12.8 Å². The molecule has 19 heavy (non-hydrogen) atoms. The first-order valence-corrected chi connectivity index (χ1v) is 6.48. The zero-order valence-electron chi connectivity index (χ0n) is 11.7. The van der Waals surface area contributed by atoms with E-state index in [4.69, 9.17) is 0 Å². The van der Waals surface area contributed by atoms with E-state index in [-0.39, 0.29) is 17.4 Å². The molecule has 1 saturated heterocycles. The highest BCUT2D eigenvalue weighted by atomic mass is 16.2. The van der Waals surface area contributed by atoms with Crippen LogP contribution in [-0.4, -0.2) is 47.8 Å². The monoisotopic (exact) mass is 264 g/mol. The molecule has 1 aromatic rings. The van der Waals surface area contributed by atoms with Crippen molar-refractivity contribution >= 4 is 11.6 Å². The summed E-state index contributed by atoms with van der Waals surface area (Å²) in [5.41, 5.74) is 0.679. The molecule has 0 aliphatic carbocycles. The molecule has 6 nitrogen and oxygen atoms in total. The van der Waals surface area contributed by atoms with Crippen LogP contribution in [0.5, 0.6) is 0 Å². The van der Waals surface area contributed by atoms with Crippen LogP contribution in [0, 0.1) is 5.92 Å². The molecule has 0 spiro atoms. The van der Waals surface area contributed by atoms with Crippen molar-refractivity contribution in [2.75, 3.05) is 32.1 Å². The van der Waals surface area contributed by atoms with Gasteiger partial charge in [0.05, 0.1) is 17.8 Å². The van der Waals surface area contributed by atoms with Gasteiger partial charge in [-0.2, -0.15) is 5.10 Å². The summed E-state index contributed by atoms with van der Waals surface area (Å²) in [6, 6.07) is 1.58. The van der Waals surface area contributed by atoms with Crippen molar-refractivity contribution in [3.05, 3.63) is 22.6 Å². The van der Waals surface area contributed by atoms with Crippen LogP contribution in [0.1, 0.15) is 12.8 Å². The van der Waals surface area contributed by atoms with E-state index in [1.54, 1.807) is 38.3 Å². The Balaban J connectivity index is 2.15. The number of amides is 1. The minimum atomic E-state index is -0.126. The van der Waals surface area contributed by atoms with Gasteiger partial charge in [0.1, 0.15) is 0 Å². The number of hydrogen-bond donors (Lipinski definition) is 0. The second-order valence-electron chi connectivity index (χ2n) is 5.19. The smallest absolute Gasteiger partial charge is 0.268 e. The van der Waals surface area contributed by atoms with Crippen LogP contribution in [0.15, 0.2) is 17.1 Å². The Morgan fingerprint density at radius 2 is 2.21 bits per heavy atom. The highest BCUT2D eigenvalue weighted by Gasteiger charge is 2.27. The van der Waals surface area contributed by atoms with E-state index in [2.05, 4.69) is 10.00 Å². The maximum absolute atomic E-state index is 12.0. The number of aromatic nitrogens is 2. The zero-order chi connectivity index (χ0) is 14.0. The Kier molecular flexibility index (Phi) is 3.87. The lowest BCUT2D eigenvalue weighted by Crippen LogP contribution is -2.43. The van der Waals surface area contributed by atoms with Crippen molar-refractivity contribution in [3.8, 4) is 0 Å². The SMILES string of the molecule is CN(C)C(=O)[C@@H]1CCCN(c2cnn(C)c(=O)c2)C1. The highest BCUT2D eigenvalue weighted by molar-refractivity contribution is 5.79. The summed E-state index contributed by atoms with van der Waals surface area (Å²) in [4.78, 5) is 27.3. The van der Waals surface area contributed by atoms with Gasteiger partial charge in [0, 0.05) is 40.3 Å². The van der Waals surface area contributed by atoms with Gasteiger partial charge in [0.25, 0.3) is 5.56 Å². The predicted octanol–water partition coefficient (Wildman–Crippen LogP) is 0.0849. The van der Waals surface area contributed by atoms with Gasteiger partial charge in [0.15, 0.2) is 0 Å². The number of hydrogen-bond acceptors (Lipinski definition) is 4. The highest BCUT2D eigenvalue weighted by Crippen LogP contribution is 2.22. The molecule has 6 heteroatoms. The standard InChI is InChI=1S/C13H20N4O2/c1-15(2)13(19)10-5-4-6-17(9-10)11-7-12(18)16(3)14-8-11/h7-8,10H,4-6,9H2,1-3H3/t10-/m1/s1. The van der Waals surface area contributed by atoms with Crippen molar-refractivity contribution in [2.24, 2.45) is 13.0 Å².